The van der Waals surface area contributed by atoms with Gasteiger partial charge in [0.1, 0.15) is 0 Å². The van der Waals surface area contributed by atoms with Crippen molar-refractivity contribution in [1.82, 2.24) is 10.2 Å². The lowest BCUT2D eigenvalue weighted by Gasteiger charge is -2.41. The molecule has 2 saturated heterocycles. The summed E-state index contributed by atoms with van der Waals surface area (Å²) in [5, 5.41) is 3.15. The lowest BCUT2D eigenvalue weighted by molar-refractivity contribution is -0.131. The molecule has 1 saturated carbocycles. The van der Waals surface area contributed by atoms with Crippen LogP contribution in [0, 0.1) is 5.41 Å². The average Bonchev–Trinajstić information content (AvgIpc) is 3.62. The quantitative estimate of drug-likeness (QED) is 0.530. The molecular formula is C27H41N3O2. The summed E-state index contributed by atoms with van der Waals surface area (Å²) in [6, 6.07) is 8.65. The molecule has 1 aromatic rings. The average molecular weight is 440 g/mol. The van der Waals surface area contributed by atoms with Crippen LogP contribution in [0.5, 0.6) is 0 Å². The maximum absolute atomic E-state index is 13.5. The fourth-order valence-electron chi connectivity index (χ4n) is 5.52. The van der Waals surface area contributed by atoms with E-state index in [0.29, 0.717) is 5.91 Å². The maximum atomic E-state index is 13.5. The topological polar surface area (TPSA) is 52.7 Å². The number of amides is 2. The number of nitrogens with one attached hydrogen (secondary N) is 1. The lowest BCUT2D eigenvalue weighted by Crippen LogP contribution is -2.53. The predicted molar refractivity (Wildman–Crippen MR) is 130 cm³/mol. The van der Waals surface area contributed by atoms with Crippen molar-refractivity contribution in [2.45, 2.75) is 90.0 Å². The molecule has 0 unspecified atom stereocenters. The highest BCUT2D eigenvalue weighted by atomic mass is 16.2. The van der Waals surface area contributed by atoms with E-state index < -0.39 is 0 Å². The number of hydrogen-bond donors (Lipinski definition) is 1. The van der Waals surface area contributed by atoms with Crippen molar-refractivity contribution in [3.63, 3.8) is 0 Å². The number of likely N-dealkylation sites (tertiary alicyclic amines) is 1. The third-order valence-corrected chi connectivity index (χ3v) is 7.93. The van der Waals surface area contributed by atoms with Crippen molar-refractivity contribution >= 4 is 17.5 Å². The molecule has 2 aliphatic heterocycles. The summed E-state index contributed by atoms with van der Waals surface area (Å²) in [7, 11) is 0. The third-order valence-electron chi connectivity index (χ3n) is 7.93. The van der Waals surface area contributed by atoms with Gasteiger partial charge in [0.15, 0.2) is 0 Å². The Morgan fingerprint density at radius 2 is 1.69 bits per heavy atom. The van der Waals surface area contributed by atoms with Crippen LogP contribution >= 0.6 is 0 Å². The molecular weight excluding hydrogens is 398 g/mol. The number of carbonyl (C=O) groups is 2. The number of piperidine rings is 1. The number of rotatable bonds is 10. The SMILES string of the molecule is CCCCNC(=O)[C@@H](CCCC)N1CCC2(CCN(c3ccc(C4CC4)cc3)C2=O)CC1. The molecule has 1 N–H and O–H groups in total. The fraction of sp³-hybridized carbons (Fsp3) is 0.704. The van der Waals surface area contributed by atoms with Crippen LogP contribution in [0.15, 0.2) is 24.3 Å². The summed E-state index contributed by atoms with van der Waals surface area (Å²) >= 11 is 0. The highest BCUT2D eigenvalue weighted by Gasteiger charge is 2.49. The largest absolute Gasteiger partial charge is 0.355 e. The minimum atomic E-state index is -0.236. The van der Waals surface area contributed by atoms with Crippen molar-refractivity contribution in [2.24, 2.45) is 5.41 Å². The molecule has 1 aliphatic carbocycles. The van der Waals surface area contributed by atoms with Crippen molar-refractivity contribution < 1.29 is 9.59 Å². The van der Waals surface area contributed by atoms with Crippen molar-refractivity contribution in [2.75, 3.05) is 31.1 Å². The molecule has 0 radical (unpaired) electrons. The van der Waals surface area contributed by atoms with Crippen molar-refractivity contribution in [3.05, 3.63) is 29.8 Å². The highest BCUT2D eigenvalue weighted by molar-refractivity contribution is 6.00. The monoisotopic (exact) mass is 439 g/mol. The van der Waals surface area contributed by atoms with E-state index in [1.54, 1.807) is 0 Å². The Balaban J connectivity index is 1.36. The van der Waals surface area contributed by atoms with E-state index in [9.17, 15) is 9.59 Å². The zero-order chi connectivity index (χ0) is 22.6. The van der Waals surface area contributed by atoms with Gasteiger partial charge in [-0.05, 0) is 81.6 Å². The molecule has 3 fully saturated rings. The highest BCUT2D eigenvalue weighted by Crippen LogP contribution is 2.45. The van der Waals surface area contributed by atoms with E-state index >= 15 is 0 Å². The van der Waals surface area contributed by atoms with Crippen LogP contribution in [0.2, 0.25) is 0 Å². The summed E-state index contributed by atoms with van der Waals surface area (Å²) in [5.74, 6) is 1.22. The van der Waals surface area contributed by atoms with E-state index in [0.717, 1.165) is 89.2 Å². The van der Waals surface area contributed by atoms with Crippen molar-refractivity contribution in [1.29, 1.82) is 0 Å². The molecule has 4 rings (SSSR count). The van der Waals surface area contributed by atoms with E-state index in [-0.39, 0.29) is 17.4 Å². The second-order valence-electron chi connectivity index (χ2n) is 10.2. The van der Waals surface area contributed by atoms with Gasteiger partial charge in [-0.3, -0.25) is 14.5 Å². The number of unbranched alkanes of at least 4 members (excludes halogenated alkanes) is 2. The first-order valence-corrected chi connectivity index (χ1v) is 13.0. The lowest BCUT2D eigenvalue weighted by atomic mass is 9.76. The normalized spacial score (nSPS) is 21.8. The number of benzene rings is 1. The Hall–Kier alpha value is -1.88. The van der Waals surface area contributed by atoms with Crippen LogP contribution in [0.3, 0.4) is 0 Å². The first-order chi connectivity index (χ1) is 15.6. The summed E-state index contributed by atoms with van der Waals surface area (Å²) in [5.41, 5.74) is 2.23. The summed E-state index contributed by atoms with van der Waals surface area (Å²) in [6.07, 6.45) is 10.5. The summed E-state index contributed by atoms with van der Waals surface area (Å²) in [4.78, 5) is 30.8. The predicted octanol–water partition coefficient (Wildman–Crippen LogP) is 4.86. The Morgan fingerprint density at radius 1 is 1.03 bits per heavy atom. The zero-order valence-electron chi connectivity index (χ0n) is 20.1. The maximum Gasteiger partial charge on any atom is 0.237 e. The van der Waals surface area contributed by atoms with E-state index in [1.165, 1.54) is 18.4 Å². The van der Waals surface area contributed by atoms with Crippen LogP contribution in [0.4, 0.5) is 5.69 Å². The number of carbonyl (C=O) groups excluding carboxylic acids is 2. The van der Waals surface area contributed by atoms with Gasteiger partial charge in [-0.25, -0.2) is 0 Å². The van der Waals surface area contributed by atoms with Gasteiger partial charge in [0.25, 0.3) is 0 Å². The number of hydrogen-bond acceptors (Lipinski definition) is 3. The Bertz CT molecular complexity index is 779. The van der Waals surface area contributed by atoms with Gasteiger partial charge >= 0.3 is 0 Å². The first-order valence-electron chi connectivity index (χ1n) is 13.0. The van der Waals surface area contributed by atoms with Crippen LogP contribution in [0.1, 0.15) is 89.5 Å². The zero-order valence-corrected chi connectivity index (χ0v) is 20.1. The van der Waals surface area contributed by atoms with Gasteiger partial charge in [-0.1, -0.05) is 45.2 Å². The van der Waals surface area contributed by atoms with Crippen LogP contribution < -0.4 is 10.2 Å². The molecule has 176 valence electrons. The molecule has 1 aromatic carbocycles. The van der Waals surface area contributed by atoms with Gasteiger partial charge in [0.05, 0.1) is 11.5 Å². The second-order valence-corrected chi connectivity index (χ2v) is 10.2. The minimum absolute atomic E-state index is 0.0493. The summed E-state index contributed by atoms with van der Waals surface area (Å²) in [6.45, 7) is 7.60. The molecule has 3 aliphatic rings. The summed E-state index contributed by atoms with van der Waals surface area (Å²) < 4.78 is 0. The smallest absolute Gasteiger partial charge is 0.237 e. The molecule has 2 amide bonds. The minimum Gasteiger partial charge on any atom is -0.355 e. The van der Waals surface area contributed by atoms with Gasteiger partial charge < -0.3 is 10.2 Å². The molecule has 1 atom stereocenters. The molecule has 0 aromatic heterocycles. The second kappa shape index (κ2) is 10.4. The first kappa shape index (κ1) is 23.3. The molecule has 0 bridgehead atoms. The van der Waals surface area contributed by atoms with Gasteiger partial charge in [-0.2, -0.15) is 0 Å². The Labute approximate surface area is 193 Å². The van der Waals surface area contributed by atoms with Crippen molar-refractivity contribution in [3.8, 4) is 0 Å². The third kappa shape index (κ3) is 5.03. The molecule has 1 spiro atoms. The standard InChI is InChI=1S/C27H41N3O2/c1-3-5-7-24(25(31)28-17-6-4-2)29-18-14-27(15-19-29)16-20-30(26(27)32)23-12-10-22(11-13-23)21-8-9-21/h10-13,21,24H,3-9,14-20H2,1-2H3,(H,28,31)/t24-/m1/s1. The van der Waals surface area contributed by atoms with E-state index in [4.69, 9.17) is 0 Å². The number of nitrogens with zero attached hydrogens (tertiary/aromatic N) is 2. The Morgan fingerprint density at radius 3 is 2.31 bits per heavy atom. The van der Waals surface area contributed by atoms with Crippen LogP contribution in [0.25, 0.3) is 0 Å². The van der Waals surface area contributed by atoms with Gasteiger partial charge in [0, 0.05) is 18.8 Å². The molecule has 5 nitrogen and oxygen atoms in total. The molecule has 2 heterocycles. The molecule has 32 heavy (non-hydrogen) atoms. The van der Waals surface area contributed by atoms with Gasteiger partial charge in [0.2, 0.25) is 11.8 Å². The van der Waals surface area contributed by atoms with E-state index in [1.807, 2.05) is 4.90 Å². The van der Waals surface area contributed by atoms with Crippen LogP contribution in [-0.4, -0.2) is 48.9 Å². The van der Waals surface area contributed by atoms with E-state index in [2.05, 4.69) is 48.3 Å². The number of anilines is 1. The van der Waals surface area contributed by atoms with Gasteiger partial charge in [-0.15, -0.1) is 0 Å². The molecule has 5 heteroatoms. The Kier molecular flexibility index (Phi) is 7.55. The fourth-order valence-corrected chi connectivity index (χ4v) is 5.52. The van der Waals surface area contributed by atoms with Crippen LogP contribution in [-0.2, 0) is 9.59 Å².